The smallest absolute Gasteiger partial charge is 0.365 e. The van der Waals surface area contributed by atoms with E-state index < -0.39 is 11.9 Å². The number of halogens is 3. The Labute approximate surface area is 102 Å². The highest BCUT2D eigenvalue weighted by molar-refractivity contribution is 5.53. The molecule has 1 saturated heterocycles. The van der Waals surface area contributed by atoms with Gasteiger partial charge in [-0.05, 0) is 25.1 Å². The van der Waals surface area contributed by atoms with Gasteiger partial charge in [0.05, 0.1) is 5.56 Å². The average molecular weight is 256 g/mol. The van der Waals surface area contributed by atoms with E-state index in [9.17, 15) is 13.2 Å². The Morgan fingerprint density at radius 3 is 2.78 bits per heavy atom. The highest BCUT2D eigenvalue weighted by Gasteiger charge is 2.33. The molecule has 0 aromatic carbocycles. The SMILES string of the molecule is N#Cc1ccc(C(F)(F)F)nc1NC1CCNC1. The van der Waals surface area contributed by atoms with Gasteiger partial charge >= 0.3 is 6.18 Å². The number of hydrogen-bond donors (Lipinski definition) is 2. The van der Waals surface area contributed by atoms with Crippen LogP contribution in [0.2, 0.25) is 0 Å². The predicted octanol–water partition coefficient (Wildman–Crippen LogP) is 1.75. The lowest BCUT2D eigenvalue weighted by molar-refractivity contribution is -0.141. The van der Waals surface area contributed by atoms with Gasteiger partial charge in [0.15, 0.2) is 0 Å². The van der Waals surface area contributed by atoms with Crippen molar-refractivity contribution < 1.29 is 13.2 Å². The normalized spacial score (nSPS) is 19.6. The zero-order valence-corrected chi connectivity index (χ0v) is 9.38. The monoisotopic (exact) mass is 256 g/mol. The van der Waals surface area contributed by atoms with Crippen LogP contribution in [-0.2, 0) is 6.18 Å². The van der Waals surface area contributed by atoms with Crippen LogP contribution in [0.5, 0.6) is 0 Å². The fourth-order valence-corrected chi connectivity index (χ4v) is 1.79. The minimum atomic E-state index is -4.50. The molecule has 1 aromatic rings. The minimum absolute atomic E-state index is 0.000949. The summed E-state index contributed by atoms with van der Waals surface area (Å²) in [6, 6.07) is 3.80. The molecular weight excluding hydrogens is 245 g/mol. The number of aromatic nitrogens is 1. The summed E-state index contributed by atoms with van der Waals surface area (Å²) >= 11 is 0. The molecule has 0 aliphatic carbocycles. The van der Waals surface area contributed by atoms with Crippen LogP contribution < -0.4 is 10.6 Å². The van der Waals surface area contributed by atoms with Gasteiger partial charge in [-0.2, -0.15) is 18.4 Å². The van der Waals surface area contributed by atoms with Crippen molar-refractivity contribution in [1.29, 1.82) is 5.26 Å². The Morgan fingerprint density at radius 2 is 2.22 bits per heavy atom. The lowest BCUT2D eigenvalue weighted by Crippen LogP contribution is -2.24. The summed E-state index contributed by atoms with van der Waals surface area (Å²) in [5.74, 6) is 0.000949. The molecule has 0 saturated carbocycles. The van der Waals surface area contributed by atoms with E-state index in [0.29, 0.717) is 6.54 Å². The molecule has 1 aliphatic rings. The highest BCUT2D eigenvalue weighted by Crippen LogP contribution is 2.29. The summed E-state index contributed by atoms with van der Waals surface area (Å²) in [5.41, 5.74) is -0.871. The molecule has 18 heavy (non-hydrogen) atoms. The molecule has 1 unspecified atom stereocenters. The third kappa shape index (κ3) is 2.71. The minimum Gasteiger partial charge on any atom is -0.365 e. The third-order valence-electron chi connectivity index (χ3n) is 2.71. The molecule has 0 amide bonds. The summed E-state index contributed by atoms with van der Waals surface area (Å²) in [6.07, 6.45) is -3.71. The Bertz CT molecular complexity index is 472. The summed E-state index contributed by atoms with van der Waals surface area (Å²) < 4.78 is 37.6. The van der Waals surface area contributed by atoms with E-state index in [4.69, 9.17) is 5.26 Å². The number of nitrogens with zero attached hydrogens (tertiary/aromatic N) is 2. The Morgan fingerprint density at radius 1 is 1.44 bits per heavy atom. The van der Waals surface area contributed by atoms with E-state index >= 15 is 0 Å². The molecule has 0 spiro atoms. The predicted molar refractivity (Wildman–Crippen MR) is 58.9 cm³/mol. The van der Waals surface area contributed by atoms with Gasteiger partial charge in [0.1, 0.15) is 17.6 Å². The maximum Gasteiger partial charge on any atom is 0.433 e. The van der Waals surface area contributed by atoms with E-state index in [1.54, 1.807) is 0 Å². The summed E-state index contributed by atoms with van der Waals surface area (Å²) in [5, 5.41) is 14.8. The number of anilines is 1. The van der Waals surface area contributed by atoms with E-state index in [1.165, 1.54) is 0 Å². The molecule has 1 fully saturated rings. The van der Waals surface area contributed by atoms with Crippen molar-refractivity contribution in [3.63, 3.8) is 0 Å². The lowest BCUT2D eigenvalue weighted by Gasteiger charge is -2.15. The Hall–Kier alpha value is -1.81. The average Bonchev–Trinajstić information content (AvgIpc) is 2.80. The zero-order chi connectivity index (χ0) is 13.2. The van der Waals surface area contributed by atoms with Gasteiger partial charge in [-0.1, -0.05) is 0 Å². The summed E-state index contributed by atoms with van der Waals surface area (Å²) in [4.78, 5) is 3.49. The maximum atomic E-state index is 12.5. The highest BCUT2D eigenvalue weighted by atomic mass is 19.4. The second-order valence-corrected chi connectivity index (χ2v) is 4.04. The van der Waals surface area contributed by atoms with Crippen LogP contribution in [0.3, 0.4) is 0 Å². The fraction of sp³-hybridized carbons (Fsp3) is 0.455. The lowest BCUT2D eigenvalue weighted by atomic mass is 10.2. The first-order chi connectivity index (χ1) is 8.50. The molecule has 0 radical (unpaired) electrons. The zero-order valence-electron chi connectivity index (χ0n) is 9.38. The number of alkyl halides is 3. The fourth-order valence-electron chi connectivity index (χ4n) is 1.79. The van der Waals surface area contributed by atoms with Gasteiger partial charge < -0.3 is 10.6 Å². The number of hydrogen-bond acceptors (Lipinski definition) is 4. The van der Waals surface area contributed by atoms with Crippen molar-refractivity contribution in [1.82, 2.24) is 10.3 Å². The largest absolute Gasteiger partial charge is 0.433 e. The van der Waals surface area contributed by atoms with Gasteiger partial charge in [0.25, 0.3) is 0 Å². The van der Waals surface area contributed by atoms with Gasteiger partial charge in [0, 0.05) is 12.6 Å². The van der Waals surface area contributed by atoms with Gasteiger partial charge in [-0.15, -0.1) is 0 Å². The van der Waals surface area contributed by atoms with Crippen molar-refractivity contribution in [3.05, 3.63) is 23.4 Å². The van der Waals surface area contributed by atoms with Crippen LogP contribution >= 0.6 is 0 Å². The molecule has 7 heteroatoms. The second kappa shape index (κ2) is 4.82. The van der Waals surface area contributed by atoms with Crippen molar-refractivity contribution in [2.45, 2.75) is 18.6 Å². The van der Waals surface area contributed by atoms with Gasteiger partial charge in [-0.3, -0.25) is 0 Å². The maximum absolute atomic E-state index is 12.5. The summed E-state index contributed by atoms with van der Waals surface area (Å²) in [7, 11) is 0. The van der Waals surface area contributed by atoms with Crippen LogP contribution in [-0.4, -0.2) is 24.1 Å². The Kier molecular flexibility index (Phi) is 3.39. The van der Waals surface area contributed by atoms with Crippen LogP contribution in [0.4, 0.5) is 19.0 Å². The molecule has 96 valence electrons. The van der Waals surface area contributed by atoms with Crippen LogP contribution in [0, 0.1) is 11.3 Å². The first kappa shape index (κ1) is 12.6. The second-order valence-electron chi connectivity index (χ2n) is 4.04. The standard InChI is InChI=1S/C11H11F3N4/c12-11(13,14)9-2-1-7(5-15)10(18-9)17-8-3-4-16-6-8/h1-2,8,16H,3-4,6H2,(H,17,18). The van der Waals surface area contributed by atoms with Crippen LogP contribution in [0.25, 0.3) is 0 Å². The van der Waals surface area contributed by atoms with Gasteiger partial charge in [0.2, 0.25) is 0 Å². The van der Waals surface area contributed by atoms with E-state index in [0.717, 1.165) is 25.1 Å². The van der Waals surface area contributed by atoms with Crippen molar-refractivity contribution in [2.24, 2.45) is 0 Å². The number of nitrogens with one attached hydrogen (secondary N) is 2. The molecule has 1 atom stereocenters. The van der Waals surface area contributed by atoms with E-state index in [-0.39, 0.29) is 17.4 Å². The topological polar surface area (TPSA) is 60.7 Å². The molecule has 2 N–H and O–H groups in total. The number of rotatable bonds is 2. The van der Waals surface area contributed by atoms with Crippen molar-refractivity contribution in [2.75, 3.05) is 18.4 Å². The third-order valence-corrected chi connectivity index (χ3v) is 2.71. The van der Waals surface area contributed by atoms with Crippen molar-refractivity contribution in [3.8, 4) is 6.07 Å². The first-order valence-electron chi connectivity index (χ1n) is 5.46. The molecule has 2 rings (SSSR count). The first-order valence-corrected chi connectivity index (χ1v) is 5.46. The van der Waals surface area contributed by atoms with Crippen molar-refractivity contribution >= 4 is 5.82 Å². The quantitative estimate of drug-likeness (QED) is 0.846. The molecular formula is C11H11F3N4. The Balaban J connectivity index is 2.28. The molecule has 0 bridgehead atoms. The summed E-state index contributed by atoms with van der Waals surface area (Å²) in [6.45, 7) is 1.46. The van der Waals surface area contributed by atoms with Gasteiger partial charge in [-0.25, -0.2) is 4.98 Å². The number of nitriles is 1. The van der Waals surface area contributed by atoms with Crippen LogP contribution in [0.1, 0.15) is 17.7 Å². The number of pyridine rings is 1. The van der Waals surface area contributed by atoms with E-state index in [2.05, 4.69) is 15.6 Å². The molecule has 1 aliphatic heterocycles. The molecule has 1 aromatic heterocycles. The molecule has 2 heterocycles. The van der Waals surface area contributed by atoms with Crippen LogP contribution in [0.15, 0.2) is 12.1 Å². The van der Waals surface area contributed by atoms with E-state index in [1.807, 2.05) is 6.07 Å². The molecule has 4 nitrogen and oxygen atoms in total.